The minimum atomic E-state index is -0.00132. The van der Waals surface area contributed by atoms with Gasteiger partial charge in [0, 0.05) is 30.9 Å². The average molecular weight is 259 g/mol. The summed E-state index contributed by atoms with van der Waals surface area (Å²) in [5.74, 6) is 0.0474. The van der Waals surface area contributed by atoms with E-state index in [1.165, 1.54) is 0 Å². The molecule has 0 spiro atoms. The zero-order chi connectivity index (χ0) is 13.2. The summed E-state index contributed by atoms with van der Waals surface area (Å²) in [6.07, 6.45) is 1.39. The van der Waals surface area contributed by atoms with Crippen LogP contribution in [0.1, 0.15) is 22.3 Å². The first-order valence-corrected chi connectivity index (χ1v) is 6.67. The molecule has 0 atom stereocenters. The van der Waals surface area contributed by atoms with Crippen molar-refractivity contribution < 1.29 is 9.59 Å². The van der Waals surface area contributed by atoms with Gasteiger partial charge in [-0.15, -0.1) is 0 Å². The molecule has 0 unspecified atom stereocenters. The van der Waals surface area contributed by atoms with E-state index < -0.39 is 0 Å². The van der Waals surface area contributed by atoms with Gasteiger partial charge in [0.1, 0.15) is 0 Å². The number of hydrogen-bond donors (Lipinski definition) is 2. The smallest absolute Gasteiger partial charge is 0.253 e. The van der Waals surface area contributed by atoms with Crippen LogP contribution in [0.4, 0.5) is 5.69 Å². The van der Waals surface area contributed by atoms with E-state index in [0.717, 1.165) is 43.9 Å². The summed E-state index contributed by atoms with van der Waals surface area (Å²) < 4.78 is 0. The Hall–Kier alpha value is -1.88. The fraction of sp³-hybridized carbons (Fsp3) is 0.429. The van der Waals surface area contributed by atoms with Crippen LogP contribution < -0.4 is 10.6 Å². The maximum atomic E-state index is 12.4. The normalized spacial score (nSPS) is 18.7. The Labute approximate surface area is 112 Å². The predicted octanol–water partition coefficient (Wildman–Crippen LogP) is 0.617. The molecule has 19 heavy (non-hydrogen) atoms. The Kier molecular flexibility index (Phi) is 3.21. The monoisotopic (exact) mass is 259 g/mol. The average Bonchev–Trinajstić information content (AvgIpc) is 2.63. The van der Waals surface area contributed by atoms with Crippen molar-refractivity contribution in [3.05, 3.63) is 29.3 Å². The molecule has 2 aliphatic heterocycles. The van der Waals surface area contributed by atoms with Crippen LogP contribution >= 0.6 is 0 Å². The summed E-state index contributed by atoms with van der Waals surface area (Å²) in [6.45, 7) is 3.33. The number of anilines is 1. The second-order valence-corrected chi connectivity index (χ2v) is 4.99. The molecule has 0 aromatic heterocycles. The van der Waals surface area contributed by atoms with Crippen molar-refractivity contribution in [2.24, 2.45) is 0 Å². The van der Waals surface area contributed by atoms with Gasteiger partial charge in [-0.3, -0.25) is 9.59 Å². The molecule has 3 rings (SSSR count). The van der Waals surface area contributed by atoms with Crippen LogP contribution in [0, 0.1) is 0 Å². The van der Waals surface area contributed by atoms with Gasteiger partial charge in [0.25, 0.3) is 5.91 Å². The second kappa shape index (κ2) is 5.01. The van der Waals surface area contributed by atoms with E-state index in [-0.39, 0.29) is 11.8 Å². The van der Waals surface area contributed by atoms with Gasteiger partial charge >= 0.3 is 0 Å². The third-order valence-electron chi connectivity index (χ3n) is 3.61. The van der Waals surface area contributed by atoms with Crippen molar-refractivity contribution in [1.82, 2.24) is 10.2 Å². The number of carbonyl (C=O) groups is 2. The van der Waals surface area contributed by atoms with Crippen molar-refractivity contribution in [2.75, 3.05) is 31.5 Å². The number of nitrogens with one attached hydrogen (secondary N) is 2. The second-order valence-electron chi connectivity index (χ2n) is 4.99. The van der Waals surface area contributed by atoms with E-state index in [0.29, 0.717) is 12.0 Å². The van der Waals surface area contributed by atoms with Crippen LogP contribution in [-0.2, 0) is 11.2 Å². The maximum Gasteiger partial charge on any atom is 0.253 e. The Bertz CT molecular complexity index is 519. The zero-order valence-electron chi connectivity index (χ0n) is 10.7. The fourth-order valence-electron chi connectivity index (χ4n) is 2.58. The molecule has 2 aliphatic rings. The summed E-state index contributed by atoms with van der Waals surface area (Å²) in [5, 5.41) is 6.07. The largest absolute Gasteiger partial charge is 0.337 e. The van der Waals surface area contributed by atoms with Crippen molar-refractivity contribution in [3.8, 4) is 0 Å². The third kappa shape index (κ3) is 2.46. The summed E-state index contributed by atoms with van der Waals surface area (Å²) in [4.78, 5) is 25.6. The Morgan fingerprint density at radius 3 is 3.00 bits per heavy atom. The molecule has 1 aromatic carbocycles. The number of carbonyl (C=O) groups excluding carboxylic acids is 2. The quantitative estimate of drug-likeness (QED) is 0.777. The standard InChI is InChI=1S/C14H17N3O2/c18-13-9-10-2-3-11(8-12(10)16-13)14(19)17-6-1-4-15-5-7-17/h2-3,8,15H,1,4-7,9H2,(H,16,18). The van der Waals surface area contributed by atoms with Gasteiger partial charge in [-0.05, 0) is 30.7 Å². The van der Waals surface area contributed by atoms with Crippen LogP contribution in [0.2, 0.25) is 0 Å². The number of hydrogen-bond acceptors (Lipinski definition) is 3. The van der Waals surface area contributed by atoms with E-state index in [4.69, 9.17) is 0 Å². The van der Waals surface area contributed by atoms with Gasteiger partial charge in [0.15, 0.2) is 0 Å². The first-order valence-electron chi connectivity index (χ1n) is 6.67. The van der Waals surface area contributed by atoms with Crippen LogP contribution in [-0.4, -0.2) is 42.9 Å². The fourth-order valence-corrected chi connectivity index (χ4v) is 2.58. The van der Waals surface area contributed by atoms with Crippen molar-refractivity contribution in [2.45, 2.75) is 12.8 Å². The Morgan fingerprint density at radius 2 is 2.11 bits per heavy atom. The van der Waals surface area contributed by atoms with Crippen LogP contribution in [0.25, 0.3) is 0 Å². The van der Waals surface area contributed by atoms with Gasteiger partial charge < -0.3 is 15.5 Å². The number of nitrogens with zero attached hydrogens (tertiary/aromatic N) is 1. The highest BCUT2D eigenvalue weighted by Crippen LogP contribution is 2.24. The van der Waals surface area contributed by atoms with Gasteiger partial charge in [-0.25, -0.2) is 0 Å². The first-order chi connectivity index (χ1) is 9.24. The summed E-state index contributed by atoms with van der Waals surface area (Å²) in [5.41, 5.74) is 2.41. The molecule has 2 heterocycles. The molecular weight excluding hydrogens is 242 g/mol. The molecule has 0 bridgehead atoms. The molecule has 0 aliphatic carbocycles. The molecule has 5 heteroatoms. The molecule has 0 radical (unpaired) electrons. The van der Waals surface area contributed by atoms with Crippen molar-refractivity contribution in [1.29, 1.82) is 0 Å². The lowest BCUT2D eigenvalue weighted by Crippen LogP contribution is -2.34. The maximum absolute atomic E-state index is 12.4. The summed E-state index contributed by atoms with van der Waals surface area (Å²) >= 11 is 0. The molecule has 2 amide bonds. The minimum Gasteiger partial charge on any atom is -0.337 e. The topological polar surface area (TPSA) is 61.4 Å². The molecule has 1 aromatic rings. The lowest BCUT2D eigenvalue weighted by molar-refractivity contribution is -0.115. The lowest BCUT2D eigenvalue weighted by Gasteiger charge is -2.20. The molecule has 2 N–H and O–H groups in total. The van der Waals surface area contributed by atoms with Crippen LogP contribution in [0.15, 0.2) is 18.2 Å². The van der Waals surface area contributed by atoms with Crippen LogP contribution in [0.5, 0.6) is 0 Å². The molecule has 5 nitrogen and oxygen atoms in total. The third-order valence-corrected chi connectivity index (χ3v) is 3.61. The van der Waals surface area contributed by atoms with E-state index in [2.05, 4.69) is 10.6 Å². The molecule has 1 fully saturated rings. The molecule has 100 valence electrons. The molecule has 1 saturated heterocycles. The highest BCUT2D eigenvalue weighted by molar-refractivity contribution is 6.02. The Morgan fingerprint density at radius 1 is 1.21 bits per heavy atom. The molecule has 0 saturated carbocycles. The zero-order valence-corrected chi connectivity index (χ0v) is 10.7. The van der Waals surface area contributed by atoms with E-state index in [1.807, 2.05) is 17.0 Å². The van der Waals surface area contributed by atoms with Gasteiger partial charge in [0.05, 0.1) is 6.42 Å². The van der Waals surface area contributed by atoms with Gasteiger partial charge in [-0.1, -0.05) is 6.07 Å². The van der Waals surface area contributed by atoms with Gasteiger partial charge in [0.2, 0.25) is 5.91 Å². The van der Waals surface area contributed by atoms with Crippen molar-refractivity contribution >= 4 is 17.5 Å². The highest BCUT2D eigenvalue weighted by Gasteiger charge is 2.21. The predicted molar refractivity (Wildman–Crippen MR) is 72.2 cm³/mol. The first kappa shape index (κ1) is 12.2. The van der Waals surface area contributed by atoms with Gasteiger partial charge in [-0.2, -0.15) is 0 Å². The van der Waals surface area contributed by atoms with Crippen molar-refractivity contribution in [3.63, 3.8) is 0 Å². The van der Waals surface area contributed by atoms with E-state index >= 15 is 0 Å². The number of rotatable bonds is 1. The number of amides is 2. The highest BCUT2D eigenvalue weighted by atomic mass is 16.2. The number of fused-ring (bicyclic) bond motifs is 1. The number of benzene rings is 1. The Balaban J connectivity index is 1.80. The lowest BCUT2D eigenvalue weighted by atomic mass is 10.1. The van der Waals surface area contributed by atoms with E-state index in [1.54, 1.807) is 6.07 Å². The minimum absolute atomic E-state index is 0.00132. The summed E-state index contributed by atoms with van der Waals surface area (Å²) in [6, 6.07) is 5.48. The van der Waals surface area contributed by atoms with Crippen LogP contribution in [0.3, 0.4) is 0 Å². The van der Waals surface area contributed by atoms with E-state index in [9.17, 15) is 9.59 Å². The summed E-state index contributed by atoms with van der Waals surface area (Å²) in [7, 11) is 0. The molecular formula is C14H17N3O2. The SMILES string of the molecule is O=C1Cc2ccc(C(=O)N3CCCNCC3)cc2N1.